The van der Waals surface area contributed by atoms with Gasteiger partial charge in [0.25, 0.3) is 0 Å². The van der Waals surface area contributed by atoms with Crippen LogP contribution in [0.1, 0.15) is 27.7 Å². The van der Waals surface area contributed by atoms with Crippen LogP contribution in [0.25, 0.3) is 0 Å². The molecule has 0 aromatic rings. The van der Waals surface area contributed by atoms with Crippen molar-refractivity contribution in [3.05, 3.63) is 36.4 Å². The maximum absolute atomic E-state index is 5.97. The fourth-order valence-corrected chi connectivity index (χ4v) is 1.72. The first-order valence-corrected chi connectivity index (χ1v) is 6.25. The van der Waals surface area contributed by atoms with Gasteiger partial charge in [-0.05, 0) is 45.8 Å². The summed E-state index contributed by atoms with van der Waals surface area (Å²) in [7, 11) is 1.52. The summed E-state index contributed by atoms with van der Waals surface area (Å²) in [5, 5.41) is 3.06. The third-order valence-electron chi connectivity index (χ3n) is 3.54. The maximum atomic E-state index is 5.97. The van der Waals surface area contributed by atoms with Crippen LogP contribution in [0.3, 0.4) is 0 Å². The standard InChI is InChI=1S/C14H24BNO2/c1-8-12(9-11(2)10-16-7)15-17-13(3,4)14(5,6)18-15/h8-9,16H,1-2,10H2,3-7H3/b12-9+. The second-order valence-corrected chi connectivity index (χ2v) is 5.63. The highest BCUT2D eigenvalue weighted by Crippen LogP contribution is 2.38. The van der Waals surface area contributed by atoms with E-state index in [4.69, 9.17) is 9.31 Å². The van der Waals surface area contributed by atoms with Crippen molar-refractivity contribution in [3.63, 3.8) is 0 Å². The Morgan fingerprint density at radius 2 is 1.72 bits per heavy atom. The molecule has 1 saturated heterocycles. The van der Waals surface area contributed by atoms with Gasteiger partial charge >= 0.3 is 7.12 Å². The third kappa shape index (κ3) is 3.13. The summed E-state index contributed by atoms with van der Waals surface area (Å²) in [5.41, 5.74) is 1.23. The van der Waals surface area contributed by atoms with Crippen molar-refractivity contribution in [3.8, 4) is 0 Å². The molecule has 0 bridgehead atoms. The molecule has 1 N–H and O–H groups in total. The van der Waals surface area contributed by atoms with Gasteiger partial charge in [-0.3, -0.25) is 0 Å². The lowest BCUT2D eigenvalue weighted by Gasteiger charge is -2.32. The highest BCUT2D eigenvalue weighted by Gasteiger charge is 2.51. The Labute approximate surface area is 111 Å². The SMILES string of the molecule is C=C/C(=C\C(=C)CNC)B1OC(C)(C)C(C)(C)O1. The topological polar surface area (TPSA) is 30.5 Å². The molecule has 0 amide bonds. The van der Waals surface area contributed by atoms with Crippen molar-refractivity contribution >= 4 is 7.12 Å². The van der Waals surface area contributed by atoms with Crippen LogP contribution in [-0.2, 0) is 9.31 Å². The number of allylic oxidation sites excluding steroid dienone is 2. The molecule has 0 atom stereocenters. The van der Waals surface area contributed by atoms with Crippen LogP contribution in [0.2, 0.25) is 0 Å². The highest BCUT2D eigenvalue weighted by molar-refractivity contribution is 6.55. The van der Waals surface area contributed by atoms with E-state index in [0.717, 1.165) is 17.6 Å². The first-order chi connectivity index (χ1) is 8.23. The van der Waals surface area contributed by atoms with Gasteiger partial charge in [0.1, 0.15) is 0 Å². The summed E-state index contributed by atoms with van der Waals surface area (Å²) in [6.07, 6.45) is 3.73. The molecular weight excluding hydrogens is 225 g/mol. The molecule has 0 radical (unpaired) electrons. The smallest absolute Gasteiger partial charge is 0.399 e. The Kier molecular flexibility index (Phi) is 4.59. The van der Waals surface area contributed by atoms with E-state index in [9.17, 15) is 0 Å². The van der Waals surface area contributed by atoms with Crippen LogP contribution in [0.4, 0.5) is 0 Å². The molecular formula is C14H24BNO2. The summed E-state index contributed by atoms with van der Waals surface area (Å²) in [6.45, 7) is 16.7. The van der Waals surface area contributed by atoms with Crippen LogP contribution >= 0.6 is 0 Å². The predicted molar refractivity (Wildman–Crippen MR) is 77.4 cm³/mol. The molecule has 3 nitrogen and oxygen atoms in total. The molecule has 100 valence electrons. The van der Waals surface area contributed by atoms with Gasteiger partial charge in [0.05, 0.1) is 11.2 Å². The van der Waals surface area contributed by atoms with Crippen LogP contribution in [0.15, 0.2) is 36.4 Å². The van der Waals surface area contributed by atoms with E-state index in [1.165, 1.54) is 0 Å². The number of hydrogen-bond donors (Lipinski definition) is 1. The van der Waals surface area contributed by atoms with Crippen LogP contribution in [0.5, 0.6) is 0 Å². The molecule has 1 heterocycles. The monoisotopic (exact) mass is 249 g/mol. The van der Waals surface area contributed by atoms with E-state index in [-0.39, 0.29) is 18.3 Å². The highest BCUT2D eigenvalue weighted by atomic mass is 16.7. The number of hydrogen-bond acceptors (Lipinski definition) is 3. The molecule has 1 aliphatic rings. The fourth-order valence-electron chi connectivity index (χ4n) is 1.72. The minimum Gasteiger partial charge on any atom is -0.399 e. The second-order valence-electron chi connectivity index (χ2n) is 5.63. The van der Waals surface area contributed by atoms with E-state index in [0.29, 0.717) is 0 Å². The lowest BCUT2D eigenvalue weighted by Crippen LogP contribution is -2.41. The van der Waals surface area contributed by atoms with Gasteiger partial charge in [-0.1, -0.05) is 25.3 Å². The zero-order chi connectivity index (χ0) is 14.0. The predicted octanol–water partition coefficient (Wildman–Crippen LogP) is 2.51. The molecule has 0 unspecified atom stereocenters. The van der Waals surface area contributed by atoms with Gasteiger partial charge in [-0.15, -0.1) is 0 Å². The summed E-state index contributed by atoms with van der Waals surface area (Å²) in [5.74, 6) is 0. The van der Waals surface area contributed by atoms with Crippen LogP contribution in [0, 0.1) is 0 Å². The Bertz CT molecular complexity index is 356. The second kappa shape index (κ2) is 5.43. The van der Waals surface area contributed by atoms with Gasteiger partial charge < -0.3 is 14.6 Å². The average Bonchev–Trinajstić information content (AvgIpc) is 2.45. The zero-order valence-electron chi connectivity index (χ0n) is 12.2. The Balaban J connectivity index is 2.87. The summed E-state index contributed by atoms with van der Waals surface area (Å²) in [6, 6.07) is 0. The lowest BCUT2D eigenvalue weighted by atomic mass is 9.77. The number of nitrogens with one attached hydrogen (secondary N) is 1. The van der Waals surface area contributed by atoms with Crippen molar-refractivity contribution in [1.29, 1.82) is 0 Å². The van der Waals surface area contributed by atoms with E-state index < -0.39 is 0 Å². The summed E-state index contributed by atoms with van der Waals surface area (Å²) in [4.78, 5) is 0. The largest absolute Gasteiger partial charge is 0.494 e. The van der Waals surface area contributed by atoms with E-state index in [1.807, 2.05) is 40.8 Å². The third-order valence-corrected chi connectivity index (χ3v) is 3.54. The maximum Gasteiger partial charge on any atom is 0.494 e. The Morgan fingerprint density at radius 1 is 1.22 bits per heavy atom. The number of rotatable bonds is 5. The molecule has 0 aromatic carbocycles. The molecule has 18 heavy (non-hydrogen) atoms. The van der Waals surface area contributed by atoms with E-state index >= 15 is 0 Å². The van der Waals surface area contributed by atoms with Gasteiger partial charge in [0.2, 0.25) is 0 Å². The minimum absolute atomic E-state index is 0.329. The number of likely N-dealkylation sites (N-methyl/N-ethyl adjacent to an activating group) is 1. The Hall–Kier alpha value is -0.835. The van der Waals surface area contributed by atoms with Crippen molar-refractivity contribution in [2.45, 2.75) is 38.9 Å². The Morgan fingerprint density at radius 3 is 2.11 bits per heavy atom. The van der Waals surface area contributed by atoms with Crippen LogP contribution in [-0.4, -0.2) is 31.9 Å². The van der Waals surface area contributed by atoms with Gasteiger partial charge in [0.15, 0.2) is 0 Å². The molecule has 1 fully saturated rings. The van der Waals surface area contributed by atoms with Gasteiger partial charge in [0, 0.05) is 6.54 Å². The van der Waals surface area contributed by atoms with E-state index in [2.05, 4.69) is 18.5 Å². The molecule has 0 spiro atoms. The van der Waals surface area contributed by atoms with Crippen molar-refractivity contribution < 1.29 is 9.31 Å². The average molecular weight is 249 g/mol. The van der Waals surface area contributed by atoms with Gasteiger partial charge in [-0.25, -0.2) is 0 Å². The van der Waals surface area contributed by atoms with E-state index in [1.54, 1.807) is 6.08 Å². The zero-order valence-corrected chi connectivity index (χ0v) is 12.2. The molecule has 0 aromatic heterocycles. The van der Waals surface area contributed by atoms with Crippen molar-refractivity contribution in [1.82, 2.24) is 5.32 Å². The fraction of sp³-hybridized carbons (Fsp3) is 0.571. The molecule has 1 aliphatic heterocycles. The minimum atomic E-state index is -0.374. The molecule has 1 rings (SSSR count). The molecule has 4 heteroatoms. The van der Waals surface area contributed by atoms with Crippen molar-refractivity contribution in [2.24, 2.45) is 0 Å². The molecule has 0 saturated carbocycles. The summed E-state index contributed by atoms with van der Waals surface area (Å²) < 4.78 is 11.9. The lowest BCUT2D eigenvalue weighted by molar-refractivity contribution is 0.00578. The summed E-state index contributed by atoms with van der Waals surface area (Å²) >= 11 is 0. The normalized spacial score (nSPS) is 22.1. The van der Waals surface area contributed by atoms with Crippen molar-refractivity contribution in [2.75, 3.05) is 13.6 Å². The quantitative estimate of drug-likeness (QED) is 0.599. The van der Waals surface area contributed by atoms with Gasteiger partial charge in [-0.2, -0.15) is 0 Å². The molecule has 0 aliphatic carbocycles. The first-order valence-electron chi connectivity index (χ1n) is 6.25. The van der Waals surface area contributed by atoms with Crippen LogP contribution < -0.4 is 5.32 Å². The first kappa shape index (κ1) is 15.2.